The Labute approximate surface area is 172 Å². The zero-order valence-electron chi connectivity index (χ0n) is 16.1. The third-order valence-corrected chi connectivity index (χ3v) is 5.27. The molecule has 0 atom stereocenters. The number of carbonyl (C=O) groups is 2. The number of Topliss-reactive ketones (excluding diaryl/α,β-unsaturated/α-hetero) is 1. The second-order valence-electron chi connectivity index (χ2n) is 7.00. The number of H-pyrrole nitrogens is 1. The highest BCUT2D eigenvalue weighted by Gasteiger charge is 2.29. The fourth-order valence-electron chi connectivity index (χ4n) is 3.76. The average molecular weight is 402 g/mol. The predicted molar refractivity (Wildman–Crippen MR) is 111 cm³/mol. The van der Waals surface area contributed by atoms with Crippen molar-refractivity contribution in [2.75, 3.05) is 26.2 Å². The van der Waals surface area contributed by atoms with E-state index in [2.05, 4.69) is 11.1 Å². The molecule has 0 unspecified atom stereocenters. The summed E-state index contributed by atoms with van der Waals surface area (Å²) in [5.41, 5.74) is 2.23. The maximum Gasteiger partial charge on any atom is 0.295 e. The Balaban J connectivity index is 1.48. The number of piperazine rings is 1. The van der Waals surface area contributed by atoms with Crippen LogP contribution in [0.3, 0.4) is 0 Å². The molecule has 4 rings (SSSR count). The number of nitrogens with one attached hydrogen (secondary N) is 1. The molecule has 1 aromatic heterocycles. The smallest absolute Gasteiger partial charge is 0.295 e. The van der Waals surface area contributed by atoms with E-state index in [9.17, 15) is 14.0 Å². The molecular formula is C23H19FN4O2. The fraction of sp³-hybridized carbons (Fsp3) is 0.174. The summed E-state index contributed by atoms with van der Waals surface area (Å²) in [7, 11) is 0. The number of amides is 1. The molecule has 0 saturated carbocycles. The first-order chi connectivity index (χ1) is 14.6. The molecule has 1 amide bonds. The number of nitrogens with zero attached hydrogens (tertiary/aromatic N) is 3. The van der Waals surface area contributed by atoms with Crippen LogP contribution in [0.2, 0.25) is 0 Å². The highest BCUT2D eigenvalue weighted by molar-refractivity contribution is 6.44. The largest absolute Gasteiger partial charge is 0.367 e. The summed E-state index contributed by atoms with van der Waals surface area (Å²) in [6.45, 7) is 1.66. The topological polar surface area (TPSA) is 80.2 Å². The van der Waals surface area contributed by atoms with E-state index in [0.717, 1.165) is 11.3 Å². The van der Waals surface area contributed by atoms with E-state index >= 15 is 0 Å². The van der Waals surface area contributed by atoms with Gasteiger partial charge in [0.2, 0.25) is 0 Å². The summed E-state index contributed by atoms with van der Waals surface area (Å²) in [6.07, 6.45) is 2.88. The number of allylic oxidation sites excluding steroid dienone is 1. The first-order valence-corrected chi connectivity index (χ1v) is 9.59. The number of rotatable bonds is 4. The van der Waals surface area contributed by atoms with Crippen molar-refractivity contribution >= 4 is 28.3 Å². The number of carbonyl (C=O) groups excluding carboxylic acids is 2. The number of hydrogen-bond acceptors (Lipinski definition) is 4. The predicted octanol–water partition coefficient (Wildman–Crippen LogP) is 3.20. The zero-order valence-corrected chi connectivity index (χ0v) is 16.1. The van der Waals surface area contributed by atoms with Crippen LogP contribution in [-0.4, -0.2) is 52.7 Å². The van der Waals surface area contributed by atoms with E-state index in [-0.39, 0.29) is 10.9 Å². The molecule has 2 aromatic carbocycles. The van der Waals surface area contributed by atoms with Gasteiger partial charge in [-0.3, -0.25) is 9.59 Å². The van der Waals surface area contributed by atoms with Crippen LogP contribution in [0.15, 0.2) is 60.8 Å². The Morgan fingerprint density at radius 1 is 1.00 bits per heavy atom. The molecule has 0 aliphatic carbocycles. The van der Waals surface area contributed by atoms with Crippen LogP contribution in [0.5, 0.6) is 0 Å². The molecular weight excluding hydrogens is 383 g/mol. The molecule has 1 fully saturated rings. The lowest BCUT2D eigenvalue weighted by atomic mass is 10.1. The van der Waals surface area contributed by atoms with E-state index in [0.29, 0.717) is 31.7 Å². The van der Waals surface area contributed by atoms with Gasteiger partial charge in [-0.05, 0) is 17.7 Å². The Morgan fingerprint density at radius 3 is 2.40 bits per heavy atom. The molecule has 2 heterocycles. The molecule has 30 heavy (non-hydrogen) atoms. The van der Waals surface area contributed by atoms with Gasteiger partial charge in [0.05, 0.1) is 17.3 Å². The van der Waals surface area contributed by atoms with Gasteiger partial charge in [-0.15, -0.1) is 0 Å². The minimum absolute atomic E-state index is 0.0462. The van der Waals surface area contributed by atoms with Crippen molar-refractivity contribution in [1.29, 1.82) is 5.26 Å². The molecule has 6 nitrogen and oxygen atoms in total. The van der Waals surface area contributed by atoms with Crippen LogP contribution in [0.4, 0.5) is 4.39 Å². The summed E-state index contributed by atoms with van der Waals surface area (Å²) >= 11 is 0. The SMILES string of the molecule is N#CC=C(c1ccccc1)N1CCN(C(=O)C(=O)c2c[nH]c3cccc(F)c23)CC1. The van der Waals surface area contributed by atoms with Gasteiger partial charge in [-0.1, -0.05) is 36.4 Å². The van der Waals surface area contributed by atoms with Crippen LogP contribution in [0.1, 0.15) is 15.9 Å². The highest BCUT2D eigenvalue weighted by atomic mass is 19.1. The molecule has 1 aliphatic heterocycles. The number of benzene rings is 2. The number of nitriles is 1. The van der Waals surface area contributed by atoms with Crippen molar-refractivity contribution in [1.82, 2.24) is 14.8 Å². The maximum absolute atomic E-state index is 14.2. The van der Waals surface area contributed by atoms with Crippen molar-refractivity contribution in [2.45, 2.75) is 0 Å². The van der Waals surface area contributed by atoms with Crippen molar-refractivity contribution in [3.63, 3.8) is 0 Å². The second kappa shape index (κ2) is 8.21. The Bertz CT molecular complexity index is 1170. The zero-order chi connectivity index (χ0) is 21.1. The van der Waals surface area contributed by atoms with Gasteiger partial charge in [-0.25, -0.2) is 4.39 Å². The van der Waals surface area contributed by atoms with Crippen LogP contribution < -0.4 is 0 Å². The minimum atomic E-state index is -0.726. The summed E-state index contributed by atoms with van der Waals surface area (Å²) in [6, 6.07) is 16.1. The summed E-state index contributed by atoms with van der Waals surface area (Å²) < 4.78 is 14.2. The third-order valence-electron chi connectivity index (χ3n) is 5.27. The van der Waals surface area contributed by atoms with Gasteiger partial charge >= 0.3 is 0 Å². The first kappa shape index (κ1) is 19.4. The molecule has 1 N–H and O–H groups in total. The van der Waals surface area contributed by atoms with Crippen LogP contribution >= 0.6 is 0 Å². The van der Waals surface area contributed by atoms with E-state index < -0.39 is 17.5 Å². The summed E-state index contributed by atoms with van der Waals surface area (Å²) in [5, 5.41) is 9.30. The molecule has 0 radical (unpaired) electrons. The first-order valence-electron chi connectivity index (χ1n) is 9.59. The molecule has 1 saturated heterocycles. The van der Waals surface area contributed by atoms with Gasteiger partial charge < -0.3 is 14.8 Å². The number of aromatic amines is 1. The van der Waals surface area contributed by atoms with Gasteiger partial charge in [-0.2, -0.15) is 5.26 Å². The molecule has 150 valence electrons. The summed E-state index contributed by atoms with van der Waals surface area (Å²) in [5.74, 6) is -1.91. The molecule has 7 heteroatoms. The lowest BCUT2D eigenvalue weighted by molar-refractivity contribution is -0.127. The van der Waals surface area contributed by atoms with Crippen molar-refractivity contribution in [2.24, 2.45) is 0 Å². The van der Waals surface area contributed by atoms with E-state index in [1.807, 2.05) is 35.2 Å². The monoisotopic (exact) mass is 402 g/mol. The molecule has 0 bridgehead atoms. The van der Waals surface area contributed by atoms with Crippen molar-refractivity contribution in [3.8, 4) is 6.07 Å². The number of aromatic nitrogens is 1. The number of ketones is 1. The normalized spacial score (nSPS) is 14.6. The second-order valence-corrected chi connectivity index (χ2v) is 7.00. The standard InChI is InChI=1S/C23H19FN4O2/c24-18-7-4-8-19-21(18)17(15-26-19)22(29)23(30)28-13-11-27(12-14-28)20(9-10-25)16-5-2-1-3-6-16/h1-9,15,26H,11-14H2. The fourth-order valence-corrected chi connectivity index (χ4v) is 3.76. The van der Waals surface area contributed by atoms with Gasteiger partial charge in [0.1, 0.15) is 5.82 Å². The number of hydrogen-bond donors (Lipinski definition) is 1. The number of fused-ring (bicyclic) bond motifs is 1. The van der Waals surface area contributed by atoms with Gasteiger partial charge in [0.25, 0.3) is 11.7 Å². The van der Waals surface area contributed by atoms with Crippen molar-refractivity contribution in [3.05, 3.63) is 77.7 Å². The van der Waals surface area contributed by atoms with Gasteiger partial charge in [0.15, 0.2) is 0 Å². The molecule has 1 aliphatic rings. The molecule has 0 spiro atoms. The minimum Gasteiger partial charge on any atom is -0.367 e. The van der Waals surface area contributed by atoms with Crippen LogP contribution in [-0.2, 0) is 4.79 Å². The Kier molecular flexibility index (Phi) is 5.31. The summed E-state index contributed by atoms with van der Waals surface area (Å²) in [4.78, 5) is 31.9. The third kappa shape index (κ3) is 3.55. The Morgan fingerprint density at radius 2 is 1.70 bits per heavy atom. The van der Waals surface area contributed by atoms with E-state index in [4.69, 9.17) is 5.26 Å². The highest BCUT2D eigenvalue weighted by Crippen LogP contribution is 2.24. The van der Waals surface area contributed by atoms with Gasteiger partial charge in [0, 0.05) is 49.4 Å². The van der Waals surface area contributed by atoms with Crippen LogP contribution in [0.25, 0.3) is 16.6 Å². The maximum atomic E-state index is 14.2. The lowest BCUT2D eigenvalue weighted by Gasteiger charge is -2.37. The Hall–Kier alpha value is -3.92. The number of halogens is 1. The molecule has 3 aromatic rings. The average Bonchev–Trinajstić information content (AvgIpc) is 3.23. The quantitative estimate of drug-likeness (QED) is 0.413. The lowest BCUT2D eigenvalue weighted by Crippen LogP contribution is -2.49. The van der Waals surface area contributed by atoms with E-state index in [1.54, 1.807) is 12.1 Å². The van der Waals surface area contributed by atoms with Crippen LogP contribution in [0, 0.1) is 17.1 Å². The van der Waals surface area contributed by atoms with Crippen molar-refractivity contribution < 1.29 is 14.0 Å². The van der Waals surface area contributed by atoms with E-state index in [1.165, 1.54) is 23.2 Å².